The van der Waals surface area contributed by atoms with E-state index in [4.69, 9.17) is 0 Å². The summed E-state index contributed by atoms with van der Waals surface area (Å²) in [4.78, 5) is 25.1. The van der Waals surface area contributed by atoms with Crippen LogP contribution in [0.1, 0.15) is 19.8 Å². The molecule has 0 aromatic carbocycles. The van der Waals surface area contributed by atoms with Crippen LogP contribution < -0.4 is 15.1 Å². The number of anilines is 3. The van der Waals surface area contributed by atoms with Gasteiger partial charge < -0.3 is 15.1 Å². The quantitative estimate of drug-likeness (QED) is 0.915. The van der Waals surface area contributed by atoms with E-state index in [0.717, 1.165) is 49.9 Å². The number of aromatic nitrogens is 2. The molecule has 1 aliphatic heterocycles. The number of piperazine rings is 1. The Morgan fingerprint density at radius 2 is 1.75 bits per heavy atom. The molecule has 0 saturated carbocycles. The van der Waals surface area contributed by atoms with Crippen molar-refractivity contribution in [3.63, 3.8) is 0 Å². The fourth-order valence-corrected chi connectivity index (χ4v) is 2.80. The van der Waals surface area contributed by atoms with Crippen LogP contribution in [-0.4, -0.2) is 42.1 Å². The molecule has 3 rings (SSSR count). The van der Waals surface area contributed by atoms with Gasteiger partial charge in [-0.25, -0.2) is 9.97 Å². The lowest BCUT2D eigenvalue weighted by Gasteiger charge is -2.36. The Kier molecular flexibility index (Phi) is 5.25. The van der Waals surface area contributed by atoms with E-state index >= 15 is 0 Å². The van der Waals surface area contributed by atoms with Crippen LogP contribution in [0.25, 0.3) is 0 Å². The smallest absolute Gasteiger partial charge is 0.224 e. The molecule has 3 heterocycles. The van der Waals surface area contributed by atoms with Crippen LogP contribution >= 0.6 is 0 Å². The van der Waals surface area contributed by atoms with Crippen molar-refractivity contribution in [2.45, 2.75) is 19.8 Å². The number of hydrogen-bond donors (Lipinski definition) is 1. The van der Waals surface area contributed by atoms with Crippen LogP contribution in [0.3, 0.4) is 0 Å². The molecule has 2 aromatic heterocycles. The van der Waals surface area contributed by atoms with Crippen LogP contribution in [0.5, 0.6) is 0 Å². The third-order valence-electron chi connectivity index (χ3n) is 4.09. The first-order valence-electron chi connectivity index (χ1n) is 8.43. The summed E-state index contributed by atoms with van der Waals surface area (Å²) in [6, 6.07) is 9.88. The second-order valence-corrected chi connectivity index (χ2v) is 5.87. The minimum atomic E-state index is 0.0380. The zero-order valence-electron chi connectivity index (χ0n) is 14.0. The van der Waals surface area contributed by atoms with E-state index in [1.54, 1.807) is 6.20 Å². The predicted octanol–water partition coefficient (Wildman–Crippen LogP) is 2.54. The van der Waals surface area contributed by atoms with Crippen molar-refractivity contribution in [2.24, 2.45) is 0 Å². The molecule has 24 heavy (non-hydrogen) atoms. The monoisotopic (exact) mass is 325 g/mol. The molecule has 0 unspecified atom stereocenters. The van der Waals surface area contributed by atoms with Crippen molar-refractivity contribution in [2.75, 3.05) is 41.3 Å². The average molecular weight is 325 g/mol. The summed E-state index contributed by atoms with van der Waals surface area (Å²) in [7, 11) is 0. The van der Waals surface area contributed by atoms with Crippen molar-refractivity contribution in [1.82, 2.24) is 9.97 Å². The number of hydrogen-bond acceptors (Lipinski definition) is 5. The number of carbonyl (C=O) groups is 1. The Labute approximate surface area is 142 Å². The number of pyridine rings is 2. The van der Waals surface area contributed by atoms with Gasteiger partial charge in [0.1, 0.15) is 11.6 Å². The molecule has 1 amide bonds. The van der Waals surface area contributed by atoms with Gasteiger partial charge in [-0.1, -0.05) is 13.0 Å². The Bertz CT molecular complexity index is 651. The summed E-state index contributed by atoms with van der Waals surface area (Å²) in [5.74, 6) is 2.01. The highest BCUT2D eigenvalue weighted by Crippen LogP contribution is 2.18. The maximum atomic E-state index is 11.6. The Morgan fingerprint density at radius 3 is 2.29 bits per heavy atom. The van der Waals surface area contributed by atoms with Crippen molar-refractivity contribution in [1.29, 1.82) is 0 Å². The van der Waals surface area contributed by atoms with Crippen molar-refractivity contribution < 1.29 is 4.79 Å². The van der Waals surface area contributed by atoms with Crippen LogP contribution in [0.4, 0.5) is 17.3 Å². The zero-order chi connectivity index (χ0) is 16.8. The van der Waals surface area contributed by atoms with Gasteiger partial charge in [0, 0.05) is 38.8 Å². The van der Waals surface area contributed by atoms with E-state index in [9.17, 15) is 4.79 Å². The van der Waals surface area contributed by atoms with E-state index < -0.39 is 0 Å². The van der Waals surface area contributed by atoms with Crippen LogP contribution in [0.2, 0.25) is 0 Å². The van der Waals surface area contributed by atoms with Gasteiger partial charge >= 0.3 is 0 Å². The van der Waals surface area contributed by atoms with Gasteiger partial charge in [0.25, 0.3) is 0 Å². The molecule has 0 radical (unpaired) electrons. The van der Waals surface area contributed by atoms with Gasteiger partial charge in [-0.3, -0.25) is 4.79 Å². The highest BCUT2D eigenvalue weighted by atomic mass is 16.1. The molecule has 1 fully saturated rings. The van der Waals surface area contributed by atoms with E-state index in [-0.39, 0.29) is 5.91 Å². The highest BCUT2D eigenvalue weighted by Gasteiger charge is 2.18. The van der Waals surface area contributed by atoms with E-state index in [2.05, 4.69) is 25.1 Å². The van der Waals surface area contributed by atoms with Gasteiger partial charge in [0.05, 0.1) is 11.9 Å². The summed E-state index contributed by atoms with van der Waals surface area (Å²) in [5.41, 5.74) is 0.754. The summed E-state index contributed by atoms with van der Waals surface area (Å²) >= 11 is 0. The van der Waals surface area contributed by atoms with Crippen molar-refractivity contribution in [3.05, 3.63) is 42.7 Å². The van der Waals surface area contributed by atoms with Crippen molar-refractivity contribution >= 4 is 23.2 Å². The molecular weight excluding hydrogens is 302 g/mol. The first-order valence-corrected chi connectivity index (χ1v) is 8.43. The summed E-state index contributed by atoms with van der Waals surface area (Å²) < 4.78 is 0. The Morgan fingerprint density at radius 1 is 1.04 bits per heavy atom. The van der Waals surface area contributed by atoms with Gasteiger partial charge in [-0.15, -0.1) is 0 Å². The summed E-state index contributed by atoms with van der Waals surface area (Å²) in [6.07, 6.45) is 4.94. The number of nitrogens with zero attached hydrogens (tertiary/aromatic N) is 4. The minimum absolute atomic E-state index is 0.0380. The Hall–Kier alpha value is -2.63. The fraction of sp³-hybridized carbons (Fsp3) is 0.389. The SMILES string of the molecule is CCCC(=O)Nc1ccc(N2CCN(c3ccccn3)CC2)nc1. The second-order valence-electron chi connectivity index (χ2n) is 5.87. The molecule has 0 atom stereocenters. The zero-order valence-corrected chi connectivity index (χ0v) is 14.0. The summed E-state index contributed by atoms with van der Waals surface area (Å²) in [5, 5.41) is 2.87. The van der Waals surface area contributed by atoms with Crippen LogP contribution in [0.15, 0.2) is 42.7 Å². The molecule has 1 aliphatic rings. The molecule has 2 aromatic rings. The minimum Gasteiger partial charge on any atom is -0.353 e. The number of carbonyl (C=O) groups excluding carboxylic acids is 1. The van der Waals surface area contributed by atoms with E-state index in [0.29, 0.717) is 6.42 Å². The topological polar surface area (TPSA) is 61.4 Å². The normalized spacial score (nSPS) is 14.5. The first-order chi connectivity index (χ1) is 11.8. The largest absolute Gasteiger partial charge is 0.353 e. The molecule has 0 bridgehead atoms. The molecule has 1 N–H and O–H groups in total. The maximum Gasteiger partial charge on any atom is 0.224 e. The van der Waals surface area contributed by atoms with Gasteiger partial charge in [0.15, 0.2) is 0 Å². The average Bonchev–Trinajstić information content (AvgIpc) is 2.63. The third-order valence-corrected chi connectivity index (χ3v) is 4.09. The lowest BCUT2D eigenvalue weighted by molar-refractivity contribution is -0.116. The lowest BCUT2D eigenvalue weighted by Crippen LogP contribution is -2.47. The van der Waals surface area contributed by atoms with Gasteiger partial charge in [-0.05, 0) is 30.7 Å². The molecule has 6 heteroatoms. The third kappa shape index (κ3) is 4.01. The van der Waals surface area contributed by atoms with Crippen molar-refractivity contribution in [3.8, 4) is 0 Å². The predicted molar refractivity (Wildman–Crippen MR) is 96.4 cm³/mol. The van der Waals surface area contributed by atoms with Crippen LogP contribution in [0, 0.1) is 0 Å². The standard InChI is InChI=1S/C18H23N5O/c1-2-5-18(24)21-15-7-8-17(20-14-15)23-12-10-22(11-13-23)16-6-3-4-9-19-16/h3-4,6-9,14H,2,5,10-13H2,1H3,(H,21,24). The van der Waals surface area contributed by atoms with Gasteiger partial charge in [0.2, 0.25) is 5.91 Å². The Balaban J connectivity index is 1.55. The summed E-state index contributed by atoms with van der Waals surface area (Å²) in [6.45, 7) is 5.66. The molecular formula is C18H23N5O. The second kappa shape index (κ2) is 7.77. The molecule has 0 spiro atoms. The fourth-order valence-electron chi connectivity index (χ4n) is 2.80. The number of amides is 1. The highest BCUT2D eigenvalue weighted by molar-refractivity contribution is 5.90. The van der Waals surface area contributed by atoms with E-state index in [1.165, 1.54) is 0 Å². The maximum absolute atomic E-state index is 11.6. The number of rotatable bonds is 5. The molecule has 0 aliphatic carbocycles. The lowest BCUT2D eigenvalue weighted by atomic mass is 10.3. The number of nitrogens with one attached hydrogen (secondary N) is 1. The molecule has 1 saturated heterocycles. The van der Waals surface area contributed by atoms with Crippen LogP contribution in [-0.2, 0) is 4.79 Å². The first kappa shape index (κ1) is 16.2. The van der Waals surface area contributed by atoms with E-state index in [1.807, 2.05) is 43.5 Å². The molecule has 6 nitrogen and oxygen atoms in total. The molecule has 126 valence electrons. The van der Waals surface area contributed by atoms with Gasteiger partial charge in [-0.2, -0.15) is 0 Å².